The van der Waals surface area contributed by atoms with E-state index in [0.717, 1.165) is 49.2 Å². The van der Waals surface area contributed by atoms with Crippen LogP contribution in [0.4, 0.5) is 0 Å². The molecule has 2 aromatic rings. The fourth-order valence-corrected chi connectivity index (χ4v) is 5.37. The van der Waals surface area contributed by atoms with Crippen LogP contribution in [-0.4, -0.2) is 54.4 Å². The van der Waals surface area contributed by atoms with Crippen LogP contribution in [0.5, 0.6) is 5.75 Å². The van der Waals surface area contributed by atoms with Gasteiger partial charge in [0.1, 0.15) is 5.75 Å². The van der Waals surface area contributed by atoms with Gasteiger partial charge in [-0.2, -0.15) is 11.3 Å². The molecule has 2 atom stereocenters. The van der Waals surface area contributed by atoms with Crippen LogP contribution in [-0.2, 0) is 22.4 Å². The van der Waals surface area contributed by atoms with Crippen molar-refractivity contribution < 1.29 is 14.3 Å². The Balaban J connectivity index is 1.38. The number of carbonyl (C=O) groups is 2. The highest BCUT2D eigenvalue weighted by Crippen LogP contribution is 2.32. The standard InChI is InChI=1S/C23H28N2O3S/c1-28-21-5-3-2-4-18(21)8-12-25-20-9-11-24(15-19(20)6-7-22(25)26)23(27)14-17-10-13-29-16-17/h2-5,10,13,16,19-20H,6-9,11-12,14-15H2,1H3/t19-,20+/m1/s1. The molecule has 1 aromatic heterocycles. The number of methoxy groups -OCH3 is 1. The molecule has 0 bridgehead atoms. The number of nitrogens with zero attached hydrogens (tertiary/aromatic N) is 2. The maximum atomic E-state index is 12.7. The molecule has 29 heavy (non-hydrogen) atoms. The molecule has 2 aliphatic heterocycles. The molecular weight excluding hydrogens is 384 g/mol. The predicted molar refractivity (Wildman–Crippen MR) is 114 cm³/mol. The van der Waals surface area contributed by atoms with Crippen molar-refractivity contribution in [2.75, 3.05) is 26.7 Å². The maximum absolute atomic E-state index is 12.7. The van der Waals surface area contributed by atoms with Gasteiger partial charge in [-0.3, -0.25) is 9.59 Å². The number of hydrogen-bond acceptors (Lipinski definition) is 4. The Morgan fingerprint density at radius 1 is 1.24 bits per heavy atom. The first-order valence-corrected chi connectivity index (χ1v) is 11.3. The molecule has 154 valence electrons. The van der Waals surface area contributed by atoms with Crippen molar-refractivity contribution in [3.63, 3.8) is 0 Å². The van der Waals surface area contributed by atoms with E-state index in [9.17, 15) is 9.59 Å². The predicted octanol–water partition coefficient (Wildman–Crippen LogP) is 3.38. The monoisotopic (exact) mass is 412 g/mol. The summed E-state index contributed by atoms with van der Waals surface area (Å²) < 4.78 is 5.46. The second-order valence-corrected chi connectivity index (χ2v) is 8.73. The zero-order valence-corrected chi connectivity index (χ0v) is 17.7. The van der Waals surface area contributed by atoms with Crippen LogP contribution in [0.25, 0.3) is 0 Å². The quantitative estimate of drug-likeness (QED) is 0.731. The lowest BCUT2D eigenvalue weighted by Gasteiger charge is -2.47. The minimum Gasteiger partial charge on any atom is -0.496 e. The number of benzene rings is 1. The van der Waals surface area contributed by atoms with Gasteiger partial charge in [0, 0.05) is 32.1 Å². The van der Waals surface area contributed by atoms with Gasteiger partial charge in [0.15, 0.2) is 0 Å². The minimum atomic E-state index is 0.208. The number of likely N-dealkylation sites (tertiary alicyclic amines) is 2. The van der Waals surface area contributed by atoms with Gasteiger partial charge in [0.05, 0.1) is 13.5 Å². The van der Waals surface area contributed by atoms with Gasteiger partial charge >= 0.3 is 0 Å². The van der Waals surface area contributed by atoms with Crippen LogP contribution >= 0.6 is 11.3 Å². The lowest BCUT2D eigenvalue weighted by Crippen LogP contribution is -2.57. The Hall–Kier alpha value is -2.34. The first-order chi connectivity index (χ1) is 14.2. The van der Waals surface area contributed by atoms with Crippen LogP contribution in [0.2, 0.25) is 0 Å². The Morgan fingerprint density at radius 3 is 2.90 bits per heavy atom. The van der Waals surface area contributed by atoms with Crippen molar-refractivity contribution in [1.29, 1.82) is 0 Å². The van der Waals surface area contributed by atoms with Crippen molar-refractivity contribution in [1.82, 2.24) is 9.80 Å². The summed E-state index contributed by atoms with van der Waals surface area (Å²) in [5, 5.41) is 4.06. The molecule has 0 unspecified atom stereocenters. The van der Waals surface area contributed by atoms with Crippen molar-refractivity contribution in [2.24, 2.45) is 5.92 Å². The van der Waals surface area contributed by atoms with Crippen molar-refractivity contribution in [2.45, 2.75) is 38.1 Å². The van der Waals surface area contributed by atoms with Crippen LogP contribution < -0.4 is 4.74 Å². The molecular formula is C23H28N2O3S. The molecule has 0 radical (unpaired) electrons. The van der Waals surface area contributed by atoms with Gasteiger partial charge in [-0.1, -0.05) is 18.2 Å². The number of ether oxygens (including phenoxy) is 1. The van der Waals surface area contributed by atoms with E-state index in [1.807, 2.05) is 39.9 Å². The zero-order chi connectivity index (χ0) is 20.2. The topological polar surface area (TPSA) is 49.9 Å². The molecule has 0 saturated carbocycles. The third-order valence-corrected chi connectivity index (χ3v) is 6.98. The van der Waals surface area contributed by atoms with Crippen molar-refractivity contribution >= 4 is 23.2 Å². The van der Waals surface area contributed by atoms with Gasteiger partial charge in [-0.05, 0) is 59.2 Å². The number of hydrogen-bond donors (Lipinski definition) is 0. The third-order valence-electron chi connectivity index (χ3n) is 6.25. The van der Waals surface area contributed by atoms with E-state index in [4.69, 9.17) is 4.74 Å². The summed E-state index contributed by atoms with van der Waals surface area (Å²) in [5.74, 6) is 1.71. The molecule has 5 nitrogen and oxygen atoms in total. The van der Waals surface area contributed by atoms with E-state index in [1.54, 1.807) is 18.4 Å². The molecule has 2 amide bonds. The average Bonchev–Trinajstić information content (AvgIpc) is 3.26. The second kappa shape index (κ2) is 8.99. The molecule has 0 N–H and O–H groups in total. The highest BCUT2D eigenvalue weighted by molar-refractivity contribution is 7.08. The normalized spacial score (nSPS) is 21.8. The van der Waals surface area contributed by atoms with Crippen LogP contribution in [0.3, 0.4) is 0 Å². The van der Waals surface area contributed by atoms with E-state index in [1.165, 1.54) is 0 Å². The summed E-state index contributed by atoms with van der Waals surface area (Å²) in [6.45, 7) is 2.22. The van der Waals surface area contributed by atoms with Crippen LogP contribution in [0.1, 0.15) is 30.4 Å². The minimum absolute atomic E-state index is 0.208. The van der Waals surface area contributed by atoms with E-state index in [0.29, 0.717) is 25.3 Å². The van der Waals surface area contributed by atoms with Gasteiger partial charge in [-0.25, -0.2) is 0 Å². The molecule has 4 rings (SSSR count). The van der Waals surface area contributed by atoms with Crippen molar-refractivity contribution in [3.8, 4) is 5.75 Å². The summed E-state index contributed by atoms with van der Waals surface area (Å²) in [5.41, 5.74) is 2.23. The van der Waals surface area contributed by atoms with Gasteiger partial charge in [0.2, 0.25) is 11.8 Å². The van der Waals surface area contributed by atoms with Gasteiger partial charge in [0.25, 0.3) is 0 Å². The Kier molecular flexibility index (Phi) is 6.19. The SMILES string of the molecule is COc1ccccc1CCN1C(=O)CC[C@@H]2CN(C(=O)Cc3ccsc3)CC[C@@H]21. The second-order valence-electron chi connectivity index (χ2n) is 7.95. The molecule has 2 saturated heterocycles. The van der Waals surface area contributed by atoms with E-state index >= 15 is 0 Å². The number of piperidine rings is 2. The van der Waals surface area contributed by atoms with Gasteiger partial charge < -0.3 is 14.5 Å². The van der Waals surface area contributed by atoms with Crippen LogP contribution in [0.15, 0.2) is 41.1 Å². The summed E-state index contributed by atoms with van der Waals surface area (Å²) in [7, 11) is 1.68. The lowest BCUT2D eigenvalue weighted by molar-refractivity contribution is -0.143. The molecule has 2 fully saturated rings. The van der Waals surface area contributed by atoms with E-state index in [-0.39, 0.29) is 17.9 Å². The van der Waals surface area contributed by atoms with Gasteiger partial charge in [-0.15, -0.1) is 0 Å². The first-order valence-electron chi connectivity index (χ1n) is 10.4. The number of amides is 2. The number of carbonyl (C=O) groups excluding carboxylic acids is 2. The summed E-state index contributed by atoms with van der Waals surface area (Å²) >= 11 is 1.63. The highest BCUT2D eigenvalue weighted by Gasteiger charge is 2.40. The third kappa shape index (κ3) is 4.47. The number of rotatable bonds is 6. The maximum Gasteiger partial charge on any atom is 0.227 e. The van der Waals surface area contributed by atoms with Crippen molar-refractivity contribution in [3.05, 3.63) is 52.2 Å². The Labute approximate surface area is 176 Å². The molecule has 6 heteroatoms. The average molecular weight is 413 g/mol. The molecule has 0 aliphatic carbocycles. The fraction of sp³-hybridized carbons (Fsp3) is 0.478. The largest absolute Gasteiger partial charge is 0.496 e. The molecule has 3 heterocycles. The van der Waals surface area contributed by atoms with Crippen LogP contribution in [0, 0.1) is 5.92 Å². The smallest absolute Gasteiger partial charge is 0.227 e. The Bertz CT molecular complexity index is 852. The number of fused-ring (bicyclic) bond motifs is 1. The number of thiophene rings is 1. The molecule has 0 spiro atoms. The first kappa shape index (κ1) is 20.0. The number of para-hydroxylation sites is 1. The Morgan fingerprint density at radius 2 is 2.10 bits per heavy atom. The molecule has 2 aliphatic rings. The summed E-state index contributed by atoms with van der Waals surface area (Å²) in [4.78, 5) is 29.4. The summed E-state index contributed by atoms with van der Waals surface area (Å²) in [6.07, 6.45) is 3.62. The lowest BCUT2D eigenvalue weighted by atomic mass is 9.83. The highest BCUT2D eigenvalue weighted by atomic mass is 32.1. The zero-order valence-electron chi connectivity index (χ0n) is 16.9. The fourth-order valence-electron chi connectivity index (χ4n) is 4.70. The summed E-state index contributed by atoms with van der Waals surface area (Å²) in [6, 6.07) is 10.3. The van der Waals surface area contributed by atoms with E-state index in [2.05, 4.69) is 11.0 Å². The molecule has 1 aromatic carbocycles. The van der Waals surface area contributed by atoms with E-state index < -0.39 is 0 Å².